The van der Waals surface area contributed by atoms with E-state index in [1.54, 1.807) is 20.8 Å². The van der Waals surface area contributed by atoms with E-state index in [0.29, 0.717) is 0 Å². The van der Waals surface area contributed by atoms with Crippen molar-refractivity contribution in [3.8, 4) is 0 Å². The van der Waals surface area contributed by atoms with Gasteiger partial charge in [-0.25, -0.2) is 9.59 Å². The smallest absolute Gasteiger partial charge is 0.408 e. The number of carboxylic acids is 1. The van der Waals surface area contributed by atoms with Gasteiger partial charge in [0.25, 0.3) is 0 Å². The Balaban J connectivity index is 2.58. The largest absolute Gasteiger partial charge is 0.478 e. The first-order chi connectivity index (χ1) is 7.72. The summed E-state index contributed by atoms with van der Waals surface area (Å²) in [6.07, 6.45) is 4.55. The summed E-state index contributed by atoms with van der Waals surface area (Å²) < 4.78 is 5.14. The average molecular weight is 241 g/mol. The molecule has 5 heteroatoms. The molecule has 0 unspecified atom stereocenters. The fourth-order valence-corrected chi connectivity index (χ4v) is 1.63. The first-order valence-corrected chi connectivity index (χ1v) is 5.66. The molecule has 1 aliphatic carbocycles. The molecule has 0 bridgehead atoms. The van der Waals surface area contributed by atoms with Crippen LogP contribution in [0.15, 0.2) is 12.2 Å². The van der Waals surface area contributed by atoms with Gasteiger partial charge in [0.2, 0.25) is 0 Å². The van der Waals surface area contributed by atoms with Crippen LogP contribution < -0.4 is 5.32 Å². The third-order valence-electron chi connectivity index (χ3n) is 2.54. The Kier molecular flexibility index (Phi) is 3.80. The van der Waals surface area contributed by atoms with Crippen LogP contribution >= 0.6 is 0 Å². The summed E-state index contributed by atoms with van der Waals surface area (Å²) in [5, 5.41) is 11.3. The maximum atomic E-state index is 11.6. The highest BCUT2D eigenvalue weighted by Gasteiger charge is 2.37. The van der Waals surface area contributed by atoms with Crippen LogP contribution in [-0.4, -0.2) is 28.3 Å². The lowest BCUT2D eigenvalue weighted by Crippen LogP contribution is -2.53. The third-order valence-corrected chi connectivity index (χ3v) is 2.54. The molecule has 0 aromatic heterocycles. The van der Waals surface area contributed by atoms with Crippen LogP contribution in [0.5, 0.6) is 0 Å². The van der Waals surface area contributed by atoms with Gasteiger partial charge in [-0.2, -0.15) is 0 Å². The summed E-state index contributed by atoms with van der Waals surface area (Å²) >= 11 is 0. The number of ether oxygens (including phenoxy) is 1. The molecule has 0 radical (unpaired) electrons. The number of carbonyl (C=O) groups is 2. The predicted octanol–water partition coefficient (Wildman–Crippen LogP) is 2.07. The van der Waals surface area contributed by atoms with E-state index in [1.807, 2.05) is 0 Å². The SMILES string of the molecule is CC(C)(C)OC(=O)NC1(/C=C/C(=O)O)CCC1. The van der Waals surface area contributed by atoms with Crippen LogP contribution in [0.3, 0.4) is 0 Å². The molecule has 96 valence electrons. The quantitative estimate of drug-likeness (QED) is 0.742. The molecule has 0 aliphatic heterocycles. The van der Waals surface area contributed by atoms with E-state index in [1.165, 1.54) is 6.08 Å². The molecule has 1 aliphatic rings. The second kappa shape index (κ2) is 4.77. The fraction of sp³-hybridized carbons (Fsp3) is 0.667. The van der Waals surface area contributed by atoms with E-state index >= 15 is 0 Å². The van der Waals surface area contributed by atoms with Crippen LogP contribution in [-0.2, 0) is 9.53 Å². The van der Waals surface area contributed by atoms with Gasteiger partial charge >= 0.3 is 12.1 Å². The minimum atomic E-state index is -1.01. The molecule has 1 rings (SSSR count). The first-order valence-electron chi connectivity index (χ1n) is 5.66. The standard InChI is InChI=1S/C12H19NO4/c1-11(2,3)17-10(16)13-12(6-4-7-12)8-5-9(14)15/h5,8H,4,6-7H2,1-3H3,(H,13,16)(H,14,15)/b8-5+. The lowest BCUT2D eigenvalue weighted by molar-refractivity contribution is -0.131. The summed E-state index contributed by atoms with van der Waals surface area (Å²) in [7, 11) is 0. The molecular formula is C12H19NO4. The van der Waals surface area contributed by atoms with Crippen molar-refractivity contribution in [2.24, 2.45) is 0 Å². The first kappa shape index (κ1) is 13.5. The van der Waals surface area contributed by atoms with Crippen molar-refractivity contribution in [2.75, 3.05) is 0 Å². The van der Waals surface area contributed by atoms with Crippen molar-refractivity contribution in [3.63, 3.8) is 0 Å². The molecule has 5 nitrogen and oxygen atoms in total. The number of hydrogen-bond donors (Lipinski definition) is 2. The zero-order valence-electron chi connectivity index (χ0n) is 10.4. The molecule has 1 fully saturated rings. The molecule has 1 saturated carbocycles. The van der Waals surface area contributed by atoms with Crippen molar-refractivity contribution in [1.82, 2.24) is 5.32 Å². The number of aliphatic carboxylic acids is 1. The molecule has 2 N–H and O–H groups in total. The topological polar surface area (TPSA) is 75.6 Å². The molecule has 0 aromatic rings. The summed E-state index contributed by atoms with van der Waals surface area (Å²) in [5.74, 6) is -1.01. The normalized spacial score (nSPS) is 18.5. The lowest BCUT2D eigenvalue weighted by Gasteiger charge is -2.40. The van der Waals surface area contributed by atoms with Crippen molar-refractivity contribution >= 4 is 12.1 Å². The van der Waals surface area contributed by atoms with Crippen molar-refractivity contribution < 1.29 is 19.4 Å². The van der Waals surface area contributed by atoms with Crippen LogP contribution in [0, 0.1) is 0 Å². The van der Waals surface area contributed by atoms with Crippen LogP contribution in [0.25, 0.3) is 0 Å². The van der Waals surface area contributed by atoms with Crippen molar-refractivity contribution in [1.29, 1.82) is 0 Å². The van der Waals surface area contributed by atoms with Crippen LogP contribution in [0.4, 0.5) is 4.79 Å². The van der Waals surface area contributed by atoms with Crippen LogP contribution in [0.2, 0.25) is 0 Å². The average Bonchev–Trinajstić information content (AvgIpc) is 2.05. The Labute approximate surface area is 101 Å². The number of carboxylic acid groups (broad SMARTS) is 1. The molecular weight excluding hydrogens is 222 g/mol. The summed E-state index contributed by atoms with van der Waals surface area (Å²) in [4.78, 5) is 22.1. The van der Waals surface area contributed by atoms with E-state index in [2.05, 4.69) is 5.32 Å². The van der Waals surface area contributed by atoms with Gasteiger partial charge in [0.1, 0.15) is 5.60 Å². The van der Waals surface area contributed by atoms with E-state index < -0.39 is 23.2 Å². The van der Waals surface area contributed by atoms with Gasteiger partial charge in [0, 0.05) is 6.08 Å². The minimum absolute atomic E-state index is 0.507. The maximum Gasteiger partial charge on any atom is 0.408 e. The Morgan fingerprint density at radius 1 is 1.35 bits per heavy atom. The third kappa shape index (κ3) is 4.46. The molecule has 0 saturated heterocycles. The lowest BCUT2D eigenvalue weighted by atomic mass is 9.76. The van der Waals surface area contributed by atoms with Gasteiger partial charge in [-0.1, -0.05) is 6.08 Å². The Bertz CT molecular complexity index is 337. The Hall–Kier alpha value is -1.52. The minimum Gasteiger partial charge on any atom is -0.478 e. The van der Waals surface area contributed by atoms with Gasteiger partial charge in [0.15, 0.2) is 0 Å². The molecule has 17 heavy (non-hydrogen) atoms. The number of rotatable bonds is 3. The van der Waals surface area contributed by atoms with Crippen molar-refractivity contribution in [3.05, 3.63) is 12.2 Å². The van der Waals surface area contributed by atoms with Gasteiger partial charge in [-0.05, 0) is 40.0 Å². The number of alkyl carbamates (subject to hydrolysis) is 1. The Morgan fingerprint density at radius 2 is 1.94 bits per heavy atom. The van der Waals surface area contributed by atoms with Gasteiger partial charge in [0.05, 0.1) is 5.54 Å². The summed E-state index contributed by atoms with van der Waals surface area (Å²) in [5.41, 5.74) is -1.09. The van der Waals surface area contributed by atoms with Crippen molar-refractivity contribution in [2.45, 2.75) is 51.2 Å². The zero-order valence-corrected chi connectivity index (χ0v) is 10.4. The van der Waals surface area contributed by atoms with Crippen LogP contribution in [0.1, 0.15) is 40.0 Å². The van der Waals surface area contributed by atoms with E-state index in [-0.39, 0.29) is 0 Å². The molecule has 1 amide bonds. The van der Waals surface area contributed by atoms with Gasteiger partial charge < -0.3 is 15.2 Å². The zero-order chi connectivity index (χ0) is 13.1. The highest BCUT2D eigenvalue weighted by molar-refractivity contribution is 5.80. The van der Waals surface area contributed by atoms with E-state index in [9.17, 15) is 9.59 Å². The number of carbonyl (C=O) groups excluding carboxylic acids is 1. The number of hydrogen-bond acceptors (Lipinski definition) is 3. The fourth-order valence-electron chi connectivity index (χ4n) is 1.63. The highest BCUT2D eigenvalue weighted by atomic mass is 16.6. The van der Waals surface area contributed by atoms with E-state index in [4.69, 9.17) is 9.84 Å². The summed E-state index contributed by atoms with van der Waals surface area (Å²) in [6.45, 7) is 5.35. The van der Waals surface area contributed by atoms with Gasteiger partial charge in [-0.3, -0.25) is 0 Å². The molecule has 0 spiro atoms. The Morgan fingerprint density at radius 3 is 2.29 bits per heavy atom. The monoisotopic (exact) mass is 241 g/mol. The highest BCUT2D eigenvalue weighted by Crippen LogP contribution is 2.33. The number of amides is 1. The van der Waals surface area contributed by atoms with Gasteiger partial charge in [-0.15, -0.1) is 0 Å². The molecule has 0 heterocycles. The van der Waals surface area contributed by atoms with E-state index in [0.717, 1.165) is 25.3 Å². The maximum absolute atomic E-state index is 11.6. The summed E-state index contributed by atoms with van der Waals surface area (Å²) in [6, 6.07) is 0. The predicted molar refractivity (Wildman–Crippen MR) is 62.7 cm³/mol. The number of nitrogens with one attached hydrogen (secondary N) is 1. The molecule has 0 aromatic carbocycles. The second-order valence-corrected chi connectivity index (χ2v) is 5.31. The molecule has 0 atom stereocenters. The second-order valence-electron chi connectivity index (χ2n) is 5.31.